The highest BCUT2D eigenvalue weighted by molar-refractivity contribution is 5.78. The molecule has 1 saturated carbocycles. The molecule has 0 heterocycles. The number of aliphatic imine (C=N–C) groups is 1. The van der Waals surface area contributed by atoms with E-state index in [-0.39, 0.29) is 0 Å². The van der Waals surface area contributed by atoms with E-state index in [1.165, 1.54) is 32.1 Å². The minimum absolute atomic E-state index is 0.666. The summed E-state index contributed by atoms with van der Waals surface area (Å²) in [7, 11) is 2.05. The van der Waals surface area contributed by atoms with Crippen molar-refractivity contribution in [2.45, 2.75) is 44.6 Å². The summed E-state index contributed by atoms with van der Waals surface area (Å²) in [5, 5.41) is 0. The first-order chi connectivity index (χ1) is 7.27. The van der Waals surface area contributed by atoms with Gasteiger partial charge in [0.15, 0.2) is 5.96 Å². The van der Waals surface area contributed by atoms with Crippen molar-refractivity contribution in [3.8, 4) is 0 Å². The first-order valence-corrected chi connectivity index (χ1v) is 5.98. The van der Waals surface area contributed by atoms with Crippen molar-refractivity contribution in [2.24, 2.45) is 10.7 Å². The number of hydrogen-bond donors (Lipinski definition) is 1. The van der Waals surface area contributed by atoms with Gasteiger partial charge in [-0.2, -0.15) is 0 Å². The largest absolute Gasteiger partial charge is 0.370 e. The van der Waals surface area contributed by atoms with Crippen LogP contribution in [0, 0.1) is 0 Å². The van der Waals surface area contributed by atoms with Gasteiger partial charge in [0.2, 0.25) is 0 Å². The van der Waals surface area contributed by atoms with Crippen LogP contribution < -0.4 is 5.73 Å². The van der Waals surface area contributed by atoms with Crippen LogP contribution in [0.3, 0.4) is 0 Å². The monoisotopic (exact) mass is 207 g/mol. The summed E-state index contributed by atoms with van der Waals surface area (Å²) in [6, 6.07) is 0.666. The fourth-order valence-electron chi connectivity index (χ4n) is 2.04. The minimum Gasteiger partial charge on any atom is -0.370 e. The Morgan fingerprint density at radius 2 is 2.40 bits per heavy atom. The van der Waals surface area contributed by atoms with Gasteiger partial charge in [0.1, 0.15) is 0 Å². The van der Waals surface area contributed by atoms with Crippen molar-refractivity contribution in [3.05, 3.63) is 11.6 Å². The molecule has 0 atom stereocenters. The Balaban J connectivity index is 1.72. The number of nitrogens with zero attached hydrogens (tertiary/aromatic N) is 2. The molecular formula is C12H21N3. The normalized spacial score (nSPS) is 21.7. The molecule has 0 bridgehead atoms. The molecule has 1 fully saturated rings. The summed E-state index contributed by atoms with van der Waals surface area (Å²) in [6.07, 6.45) is 9.87. The SMILES string of the molecule is CN(C(N)=NCCC1=CCCC1)C1CC1. The molecule has 2 aliphatic carbocycles. The van der Waals surface area contributed by atoms with E-state index >= 15 is 0 Å². The van der Waals surface area contributed by atoms with E-state index in [4.69, 9.17) is 5.73 Å². The summed E-state index contributed by atoms with van der Waals surface area (Å²) >= 11 is 0. The lowest BCUT2D eigenvalue weighted by atomic mass is 10.2. The van der Waals surface area contributed by atoms with Gasteiger partial charge in [0.05, 0.1) is 0 Å². The quantitative estimate of drug-likeness (QED) is 0.434. The third-order valence-electron chi connectivity index (χ3n) is 3.30. The van der Waals surface area contributed by atoms with E-state index in [0.29, 0.717) is 6.04 Å². The second-order valence-corrected chi connectivity index (χ2v) is 4.59. The van der Waals surface area contributed by atoms with Crippen molar-refractivity contribution in [1.82, 2.24) is 4.90 Å². The van der Waals surface area contributed by atoms with Crippen LogP contribution in [0.2, 0.25) is 0 Å². The van der Waals surface area contributed by atoms with Crippen LogP contribution >= 0.6 is 0 Å². The Kier molecular flexibility index (Phi) is 3.29. The van der Waals surface area contributed by atoms with E-state index in [9.17, 15) is 0 Å². The van der Waals surface area contributed by atoms with Gasteiger partial charge in [-0.15, -0.1) is 0 Å². The molecular weight excluding hydrogens is 186 g/mol. The van der Waals surface area contributed by atoms with Crippen LogP contribution in [-0.2, 0) is 0 Å². The zero-order valence-electron chi connectivity index (χ0n) is 9.58. The molecule has 3 heteroatoms. The maximum Gasteiger partial charge on any atom is 0.191 e. The first-order valence-electron chi connectivity index (χ1n) is 5.98. The first kappa shape index (κ1) is 10.5. The summed E-state index contributed by atoms with van der Waals surface area (Å²) in [4.78, 5) is 6.54. The Morgan fingerprint density at radius 3 is 3.00 bits per heavy atom. The predicted octanol–water partition coefficient (Wildman–Crippen LogP) is 1.90. The topological polar surface area (TPSA) is 41.6 Å². The van der Waals surface area contributed by atoms with Gasteiger partial charge in [-0.3, -0.25) is 4.99 Å². The number of allylic oxidation sites excluding steroid dienone is 1. The zero-order chi connectivity index (χ0) is 10.7. The van der Waals surface area contributed by atoms with Gasteiger partial charge < -0.3 is 10.6 Å². The molecule has 2 N–H and O–H groups in total. The van der Waals surface area contributed by atoms with Crippen molar-refractivity contribution < 1.29 is 0 Å². The van der Waals surface area contributed by atoms with Gasteiger partial charge in [-0.1, -0.05) is 11.6 Å². The Hall–Kier alpha value is -0.990. The smallest absolute Gasteiger partial charge is 0.191 e. The van der Waals surface area contributed by atoms with Crippen LogP contribution in [0.25, 0.3) is 0 Å². The second kappa shape index (κ2) is 4.69. The maximum atomic E-state index is 5.90. The van der Waals surface area contributed by atoms with E-state index in [1.54, 1.807) is 5.57 Å². The van der Waals surface area contributed by atoms with Gasteiger partial charge in [0, 0.05) is 19.6 Å². The lowest BCUT2D eigenvalue weighted by molar-refractivity contribution is 0.487. The number of guanidine groups is 1. The Bertz CT molecular complexity index is 277. The van der Waals surface area contributed by atoms with Crippen LogP contribution in [-0.4, -0.2) is 30.5 Å². The van der Waals surface area contributed by atoms with E-state index in [0.717, 1.165) is 18.9 Å². The fraction of sp³-hybridized carbons (Fsp3) is 0.750. The summed E-state index contributed by atoms with van der Waals surface area (Å²) in [6.45, 7) is 0.856. The molecule has 15 heavy (non-hydrogen) atoms. The van der Waals surface area contributed by atoms with Gasteiger partial charge in [-0.25, -0.2) is 0 Å². The molecule has 0 unspecified atom stereocenters. The average Bonchev–Trinajstić information content (AvgIpc) is 2.96. The van der Waals surface area contributed by atoms with Gasteiger partial charge >= 0.3 is 0 Å². The van der Waals surface area contributed by atoms with Crippen molar-refractivity contribution in [2.75, 3.05) is 13.6 Å². The molecule has 0 aromatic rings. The highest BCUT2D eigenvalue weighted by atomic mass is 15.3. The molecule has 0 saturated heterocycles. The molecule has 2 aliphatic rings. The molecule has 0 aromatic carbocycles. The van der Waals surface area contributed by atoms with Crippen molar-refractivity contribution in [3.63, 3.8) is 0 Å². The van der Waals surface area contributed by atoms with E-state index in [2.05, 4.69) is 16.0 Å². The van der Waals surface area contributed by atoms with Gasteiger partial charge in [-0.05, 0) is 38.5 Å². The van der Waals surface area contributed by atoms with Crippen LogP contribution in [0.4, 0.5) is 0 Å². The second-order valence-electron chi connectivity index (χ2n) is 4.59. The summed E-state index contributed by atoms with van der Waals surface area (Å²) in [5.74, 6) is 0.719. The third kappa shape index (κ3) is 2.98. The average molecular weight is 207 g/mol. The lowest BCUT2D eigenvalue weighted by Crippen LogP contribution is -2.35. The number of rotatable bonds is 4. The van der Waals surface area contributed by atoms with Crippen LogP contribution in [0.5, 0.6) is 0 Å². The standard InChI is InChI=1S/C12H21N3/c1-15(11-6-7-11)12(13)14-9-8-10-4-2-3-5-10/h4,11H,2-3,5-9H2,1H3,(H2,13,14). The predicted molar refractivity (Wildman–Crippen MR) is 63.8 cm³/mol. The van der Waals surface area contributed by atoms with Crippen molar-refractivity contribution >= 4 is 5.96 Å². The molecule has 0 amide bonds. The molecule has 84 valence electrons. The number of nitrogens with two attached hydrogens (primary N) is 1. The summed E-state index contributed by atoms with van der Waals surface area (Å²) in [5.41, 5.74) is 7.47. The van der Waals surface area contributed by atoms with Crippen LogP contribution in [0.15, 0.2) is 16.6 Å². The molecule has 2 rings (SSSR count). The molecule has 0 spiro atoms. The highest BCUT2D eigenvalue weighted by Gasteiger charge is 2.27. The lowest BCUT2D eigenvalue weighted by Gasteiger charge is -2.16. The zero-order valence-corrected chi connectivity index (χ0v) is 9.58. The maximum absolute atomic E-state index is 5.90. The minimum atomic E-state index is 0.666. The molecule has 0 radical (unpaired) electrons. The molecule has 0 aliphatic heterocycles. The summed E-state index contributed by atoms with van der Waals surface area (Å²) < 4.78 is 0. The van der Waals surface area contributed by atoms with Crippen molar-refractivity contribution in [1.29, 1.82) is 0 Å². The van der Waals surface area contributed by atoms with E-state index in [1.807, 2.05) is 7.05 Å². The van der Waals surface area contributed by atoms with E-state index < -0.39 is 0 Å². The highest BCUT2D eigenvalue weighted by Crippen LogP contribution is 2.25. The van der Waals surface area contributed by atoms with Gasteiger partial charge in [0.25, 0.3) is 0 Å². The fourth-order valence-corrected chi connectivity index (χ4v) is 2.04. The number of hydrogen-bond acceptors (Lipinski definition) is 1. The van der Waals surface area contributed by atoms with Crippen LogP contribution in [0.1, 0.15) is 38.5 Å². The Morgan fingerprint density at radius 1 is 1.60 bits per heavy atom. The molecule has 0 aromatic heterocycles. The molecule has 3 nitrogen and oxygen atoms in total. The Labute approximate surface area is 92.0 Å². The third-order valence-corrected chi connectivity index (χ3v) is 3.30.